The van der Waals surface area contributed by atoms with Gasteiger partial charge in [-0.2, -0.15) is 0 Å². The van der Waals surface area contributed by atoms with E-state index in [0.717, 1.165) is 56.5 Å². The summed E-state index contributed by atoms with van der Waals surface area (Å²) in [5.41, 5.74) is 16.2. The van der Waals surface area contributed by atoms with Gasteiger partial charge in [0.2, 0.25) is 6.41 Å². The van der Waals surface area contributed by atoms with Gasteiger partial charge >= 0.3 is 0 Å². The molecule has 8 nitrogen and oxygen atoms in total. The number of carbonyl (C=O) groups is 3. The molecule has 3 unspecified atom stereocenters. The molecule has 2 aromatic heterocycles. The third kappa shape index (κ3) is 2.09. The van der Waals surface area contributed by atoms with Crippen molar-refractivity contribution in [1.29, 1.82) is 0 Å². The highest BCUT2D eigenvalue weighted by atomic mass is 16.2. The lowest BCUT2D eigenvalue weighted by Gasteiger charge is -2.21. The Labute approximate surface area is 193 Å². The van der Waals surface area contributed by atoms with Gasteiger partial charge in [0.05, 0.1) is 28.2 Å². The number of primary amides is 1. The summed E-state index contributed by atoms with van der Waals surface area (Å²) in [7, 11) is 0. The molecule has 8 heteroatoms. The molecule has 34 heavy (non-hydrogen) atoms. The van der Waals surface area contributed by atoms with Crippen molar-refractivity contribution in [2.75, 3.05) is 0 Å². The Balaban J connectivity index is 0.000000637. The lowest BCUT2D eigenvalue weighted by molar-refractivity contribution is -0.106. The lowest BCUT2D eigenvalue weighted by atomic mass is 9.96. The highest BCUT2D eigenvalue weighted by Gasteiger charge is 2.43. The third-order valence-electron chi connectivity index (χ3n) is 7.73. The fourth-order valence-electron chi connectivity index (χ4n) is 6.68. The smallest absolute Gasteiger partial charge is 0.259 e. The number of hydrogen-bond acceptors (Lipinski definition) is 4. The minimum Gasteiger partial charge on any atom is -0.372 e. The number of rotatable bonds is 0. The molecule has 4 heterocycles. The second-order valence-corrected chi connectivity index (χ2v) is 9.25. The van der Waals surface area contributed by atoms with Gasteiger partial charge in [0, 0.05) is 44.7 Å². The molecule has 5 aromatic rings. The zero-order chi connectivity index (χ0) is 23.3. The maximum Gasteiger partial charge on any atom is 0.259 e. The first-order chi connectivity index (χ1) is 16.6. The standard InChI is InChI=1S/C25H18N4O2.CH3NO/c26-14-9-11-10-17(14)29-16-8-4-2-6-13(16)19-21-20(24(30)27-25(21)31)18-12-5-1-3-7-15(12)28(11)22(18)23(19)29;2-1-3/h1-8,11,14,17H,9-10,26H2,(H,27,30,31);1H,(H2,2,3). The van der Waals surface area contributed by atoms with E-state index in [9.17, 15) is 9.59 Å². The number of imide groups is 1. The predicted molar refractivity (Wildman–Crippen MR) is 130 cm³/mol. The van der Waals surface area contributed by atoms with E-state index in [4.69, 9.17) is 10.5 Å². The Hall–Kier alpha value is -4.17. The van der Waals surface area contributed by atoms with Crippen LogP contribution in [0.2, 0.25) is 0 Å². The van der Waals surface area contributed by atoms with Crippen molar-refractivity contribution in [3.63, 3.8) is 0 Å². The largest absolute Gasteiger partial charge is 0.372 e. The van der Waals surface area contributed by atoms with Crippen molar-refractivity contribution in [3.8, 4) is 0 Å². The van der Waals surface area contributed by atoms with Gasteiger partial charge < -0.3 is 20.6 Å². The van der Waals surface area contributed by atoms with Crippen LogP contribution in [0.4, 0.5) is 0 Å². The van der Waals surface area contributed by atoms with Crippen molar-refractivity contribution in [1.82, 2.24) is 14.5 Å². The van der Waals surface area contributed by atoms with Crippen molar-refractivity contribution in [2.45, 2.75) is 31.0 Å². The normalized spacial score (nSPS) is 22.3. The van der Waals surface area contributed by atoms with Crippen LogP contribution in [0.1, 0.15) is 45.6 Å². The fraction of sp³-hybridized carbons (Fsp3) is 0.192. The highest BCUT2D eigenvalue weighted by Crippen LogP contribution is 2.53. The Morgan fingerprint density at radius 1 is 0.824 bits per heavy atom. The first-order valence-electron chi connectivity index (χ1n) is 11.3. The number of nitrogens with one attached hydrogen (secondary N) is 1. The zero-order valence-corrected chi connectivity index (χ0v) is 18.1. The summed E-state index contributed by atoms with van der Waals surface area (Å²) in [6, 6.07) is 16.9. The molecule has 5 N–H and O–H groups in total. The van der Waals surface area contributed by atoms with Gasteiger partial charge in [-0.05, 0) is 25.0 Å². The van der Waals surface area contributed by atoms with Crippen LogP contribution in [-0.2, 0) is 4.79 Å². The summed E-state index contributed by atoms with van der Waals surface area (Å²) < 4.78 is 4.78. The van der Waals surface area contributed by atoms with Crippen LogP contribution < -0.4 is 16.8 Å². The second kappa shape index (κ2) is 6.45. The summed E-state index contributed by atoms with van der Waals surface area (Å²) >= 11 is 0. The van der Waals surface area contributed by atoms with Crippen LogP contribution in [0.5, 0.6) is 0 Å². The molecule has 168 valence electrons. The molecular formula is C26H21N5O3. The third-order valence-corrected chi connectivity index (χ3v) is 7.73. The summed E-state index contributed by atoms with van der Waals surface area (Å²) in [6.07, 6.45) is 2.09. The molecule has 2 bridgehead atoms. The average Bonchev–Trinajstić information content (AvgIpc) is 3.51. The zero-order valence-electron chi connectivity index (χ0n) is 18.1. The highest BCUT2D eigenvalue weighted by molar-refractivity contribution is 6.39. The first kappa shape index (κ1) is 19.3. The van der Waals surface area contributed by atoms with Gasteiger partial charge in [-0.1, -0.05) is 36.4 Å². The van der Waals surface area contributed by atoms with Crippen LogP contribution in [-0.4, -0.2) is 33.4 Å². The number of carbonyl (C=O) groups excluding carboxylic acids is 3. The molecule has 3 atom stereocenters. The van der Waals surface area contributed by atoms with E-state index in [1.807, 2.05) is 24.3 Å². The Morgan fingerprint density at radius 3 is 1.91 bits per heavy atom. The molecule has 1 saturated carbocycles. The average molecular weight is 451 g/mol. The number of aromatic nitrogens is 2. The quantitative estimate of drug-likeness (QED) is 0.247. The summed E-state index contributed by atoms with van der Waals surface area (Å²) in [5.74, 6) is -0.604. The Bertz CT molecular complexity index is 1740. The summed E-state index contributed by atoms with van der Waals surface area (Å²) in [5, 5.41) is 6.38. The van der Waals surface area contributed by atoms with Gasteiger partial charge in [-0.25, -0.2) is 0 Å². The maximum atomic E-state index is 13.1. The molecular weight excluding hydrogens is 430 g/mol. The van der Waals surface area contributed by atoms with E-state index in [1.165, 1.54) is 0 Å². The van der Waals surface area contributed by atoms with Gasteiger partial charge in [-0.3, -0.25) is 19.7 Å². The van der Waals surface area contributed by atoms with Crippen molar-refractivity contribution >= 4 is 61.8 Å². The van der Waals surface area contributed by atoms with Crippen LogP contribution in [0.15, 0.2) is 48.5 Å². The van der Waals surface area contributed by atoms with E-state index in [1.54, 1.807) is 0 Å². The second-order valence-electron chi connectivity index (χ2n) is 9.25. The topological polar surface area (TPSA) is 125 Å². The molecule has 8 rings (SSSR count). The molecule has 1 aliphatic carbocycles. The number of fused-ring (bicyclic) bond motifs is 13. The number of nitrogens with two attached hydrogens (primary N) is 2. The van der Waals surface area contributed by atoms with Crippen LogP contribution >= 0.6 is 0 Å². The molecule has 0 radical (unpaired) electrons. The first-order valence-corrected chi connectivity index (χ1v) is 11.3. The van der Waals surface area contributed by atoms with Gasteiger partial charge in [0.1, 0.15) is 0 Å². The maximum absolute atomic E-state index is 13.1. The molecule has 0 saturated heterocycles. The van der Waals surface area contributed by atoms with Gasteiger partial charge in [0.25, 0.3) is 11.8 Å². The van der Waals surface area contributed by atoms with Crippen molar-refractivity contribution in [2.24, 2.45) is 11.5 Å². The Kier molecular flexibility index (Phi) is 3.66. The summed E-state index contributed by atoms with van der Waals surface area (Å²) in [4.78, 5) is 34.7. The van der Waals surface area contributed by atoms with Gasteiger partial charge in [0.15, 0.2) is 0 Å². The predicted octanol–water partition coefficient (Wildman–Crippen LogP) is 3.10. The number of benzene rings is 3. The summed E-state index contributed by atoms with van der Waals surface area (Å²) in [6.45, 7) is 0. The lowest BCUT2D eigenvalue weighted by Crippen LogP contribution is -2.27. The molecule has 1 fully saturated rings. The molecule has 3 aliphatic rings. The SMILES string of the molecule is NC1CC2CC1n1c3ccccc3c3c4c(c5c6ccccc6n2c5c31)C(=O)NC4=O.NC=O. The van der Waals surface area contributed by atoms with Crippen molar-refractivity contribution < 1.29 is 14.4 Å². The minimum absolute atomic E-state index is 0.0390. The Morgan fingerprint density at radius 2 is 1.32 bits per heavy atom. The monoisotopic (exact) mass is 451 g/mol. The van der Waals surface area contributed by atoms with Crippen LogP contribution in [0, 0.1) is 0 Å². The van der Waals surface area contributed by atoms with E-state index >= 15 is 0 Å². The molecule has 0 spiro atoms. The van der Waals surface area contributed by atoms with Crippen LogP contribution in [0.3, 0.4) is 0 Å². The number of para-hydroxylation sites is 2. The molecule has 3 aromatic carbocycles. The van der Waals surface area contributed by atoms with Gasteiger partial charge in [-0.15, -0.1) is 0 Å². The van der Waals surface area contributed by atoms with E-state index < -0.39 is 0 Å². The van der Waals surface area contributed by atoms with E-state index in [-0.39, 0.29) is 36.3 Å². The van der Waals surface area contributed by atoms with Crippen molar-refractivity contribution in [3.05, 3.63) is 59.7 Å². The van der Waals surface area contributed by atoms with E-state index in [0.29, 0.717) is 11.1 Å². The fourth-order valence-corrected chi connectivity index (χ4v) is 6.68. The minimum atomic E-state index is -0.305. The van der Waals surface area contributed by atoms with Crippen LogP contribution in [0.25, 0.3) is 43.6 Å². The number of hydrogen-bond donors (Lipinski definition) is 3. The molecule has 3 amide bonds. The molecule has 2 aliphatic heterocycles. The van der Waals surface area contributed by atoms with E-state index in [2.05, 4.69) is 44.5 Å². The number of nitrogens with zero attached hydrogens (tertiary/aromatic N) is 2. The number of amides is 3.